The van der Waals surface area contributed by atoms with E-state index in [1.165, 1.54) is 12.1 Å². The van der Waals surface area contributed by atoms with Gasteiger partial charge in [-0.2, -0.15) is 0 Å². The number of nitrogens with zero attached hydrogens (tertiary/aromatic N) is 2. The highest BCUT2D eigenvalue weighted by atomic mass is 19.1. The highest BCUT2D eigenvalue weighted by Crippen LogP contribution is 2.17. The molecular weight excluding hydrogens is 354 g/mol. The van der Waals surface area contributed by atoms with Crippen LogP contribution in [0.4, 0.5) is 20.2 Å². The summed E-state index contributed by atoms with van der Waals surface area (Å²) in [7, 11) is 0. The lowest BCUT2D eigenvalue weighted by Crippen LogP contribution is -2.16. The third kappa shape index (κ3) is 4.97. The second-order valence-electron chi connectivity index (χ2n) is 5.76. The van der Waals surface area contributed by atoms with E-state index in [2.05, 4.69) is 15.6 Å². The first-order valence-corrected chi connectivity index (χ1v) is 8.13. The zero-order chi connectivity index (χ0) is 19.2. The molecule has 0 aliphatic heterocycles. The average Bonchev–Trinajstić information content (AvgIpc) is 3.16. The molecule has 27 heavy (non-hydrogen) atoms. The number of carbonyl (C=O) groups is 2. The van der Waals surface area contributed by atoms with E-state index >= 15 is 0 Å². The molecule has 1 aromatic heterocycles. The van der Waals surface area contributed by atoms with Gasteiger partial charge in [-0.15, -0.1) is 0 Å². The van der Waals surface area contributed by atoms with E-state index in [4.69, 9.17) is 0 Å². The van der Waals surface area contributed by atoms with Gasteiger partial charge in [0, 0.05) is 42.7 Å². The van der Waals surface area contributed by atoms with Crippen molar-refractivity contribution >= 4 is 23.2 Å². The van der Waals surface area contributed by atoms with Gasteiger partial charge in [0.15, 0.2) is 0 Å². The maximum Gasteiger partial charge on any atom is 0.255 e. The Bertz CT molecular complexity index is 958. The molecule has 0 radical (unpaired) electrons. The maximum atomic E-state index is 13.7. The molecule has 0 atom stereocenters. The number of nitrogens with one attached hydrogen (secondary N) is 2. The molecule has 3 aromatic rings. The fourth-order valence-corrected chi connectivity index (χ4v) is 2.40. The quantitative estimate of drug-likeness (QED) is 0.698. The minimum absolute atomic E-state index is 0.129. The van der Waals surface area contributed by atoms with E-state index in [0.29, 0.717) is 18.3 Å². The van der Waals surface area contributed by atoms with Gasteiger partial charge in [-0.1, -0.05) is 6.07 Å². The van der Waals surface area contributed by atoms with Crippen molar-refractivity contribution in [3.05, 3.63) is 78.4 Å². The van der Waals surface area contributed by atoms with E-state index in [-0.39, 0.29) is 23.6 Å². The fraction of sp³-hybridized carbons (Fsp3) is 0.105. The van der Waals surface area contributed by atoms with Crippen LogP contribution in [0.15, 0.2) is 61.2 Å². The van der Waals surface area contributed by atoms with Gasteiger partial charge in [0.25, 0.3) is 5.91 Å². The van der Waals surface area contributed by atoms with Crippen LogP contribution in [0.2, 0.25) is 0 Å². The summed E-state index contributed by atoms with van der Waals surface area (Å²) >= 11 is 0. The molecule has 2 amide bonds. The molecule has 0 spiro atoms. The van der Waals surface area contributed by atoms with E-state index in [1.807, 2.05) is 0 Å². The minimum atomic E-state index is -0.868. The lowest BCUT2D eigenvalue weighted by atomic mass is 10.1. The lowest BCUT2D eigenvalue weighted by molar-refractivity contribution is -0.116. The molecule has 0 saturated carbocycles. The number of imidazole rings is 1. The van der Waals surface area contributed by atoms with E-state index in [1.54, 1.807) is 35.4 Å². The Morgan fingerprint density at radius 3 is 2.67 bits per heavy atom. The monoisotopic (exact) mass is 370 g/mol. The van der Waals surface area contributed by atoms with Crippen LogP contribution in [0.1, 0.15) is 16.8 Å². The summed E-state index contributed by atoms with van der Waals surface area (Å²) in [4.78, 5) is 28.2. The summed E-state index contributed by atoms with van der Waals surface area (Å²) in [6.45, 7) is 0.482. The Kier molecular flexibility index (Phi) is 5.55. The Hall–Kier alpha value is -3.55. The number of hydrogen-bond donors (Lipinski definition) is 2. The standard InChI is InChI=1S/C19H16F2N4O2/c20-14-4-5-17(16(21)11-14)24-19(27)13-2-1-3-15(10-13)23-18(26)6-8-25-9-7-22-12-25/h1-5,7,9-12H,6,8H2,(H,23,26)(H,24,27). The van der Waals surface area contributed by atoms with Crippen molar-refractivity contribution in [2.24, 2.45) is 0 Å². The molecule has 0 aliphatic carbocycles. The molecule has 8 heteroatoms. The molecule has 138 valence electrons. The van der Waals surface area contributed by atoms with E-state index in [0.717, 1.165) is 12.1 Å². The molecule has 1 heterocycles. The number of benzene rings is 2. The topological polar surface area (TPSA) is 76.0 Å². The van der Waals surface area contributed by atoms with Crippen molar-refractivity contribution in [1.82, 2.24) is 9.55 Å². The molecule has 2 N–H and O–H groups in total. The maximum absolute atomic E-state index is 13.7. The van der Waals surface area contributed by atoms with Crippen LogP contribution in [0.25, 0.3) is 0 Å². The molecule has 0 aliphatic rings. The third-order valence-electron chi connectivity index (χ3n) is 3.74. The first-order valence-electron chi connectivity index (χ1n) is 8.13. The van der Waals surface area contributed by atoms with Crippen LogP contribution in [0.3, 0.4) is 0 Å². The molecule has 0 saturated heterocycles. The number of hydrogen-bond acceptors (Lipinski definition) is 3. The normalized spacial score (nSPS) is 10.4. The smallest absolute Gasteiger partial charge is 0.255 e. The Morgan fingerprint density at radius 1 is 1.07 bits per heavy atom. The summed E-state index contributed by atoms with van der Waals surface area (Å²) in [5.74, 6) is -2.39. The van der Waals surface area contributed by atoms with Gasteiger partial charge in [0.05, 0.1) is 12.0 Å². The minimum Gasteiger partial charge on any atom is -0.337 e. The number of anilines is 2. The van der Waals surface area contributed by atoms with Gasteiger partial charge < -0.3 is 15.2 Å². The van der Waals surface area contributed by atoms with Crippen LogP contribution >= 0.6 is 0 Å². The first kappa shape index (κ1) is 18.2. The first-order chi connectivity index (χ1) is 13.0. The van der Waals surface area contributed by atoms with Crippen molar-refractivity contribution in [1.29, 1.82) is 0 Å². The van der Waals surface area contributed by atoms with Crippen molar-refractivity contribution in [3.63, 3.8) is 0 Å². The van der Waals surface area contributed by atoms with Crippen LogP contribution in [-0.4, -0.2) is 21.4 Å². The van der Waals surface area contributed by atoms with Gasteiger partial charge >= 0.3 is 0 Å². The van der Waals surface area contributed by atoms with Crippen LogP contribution in [0.5, 0.6) is 0 Å². The number of halogens is 2. The second-order valence-corrected chi connectivity index (χ2v) is 5.76. The highest BCUT2D eigenvalue weighted by Gasteiger charge is 2.11. The van der Waals surface area contributed by atoms with Gasteiger partial charge in [0.1, 0.15) is 11.6 Å². The average molecular weight is 370 g/mol. The Morgan fingerprint density at radius 2 is 1.93 bits per heavy atom. The predicted molar refractivity (Wildman–Crippen MR) is 96.2 cm³/mol. The summed E-state index contributed by atoms with van der Waals surface area (Å²) in [5, 5.41) is 5.08. The summed E-state index contributed by atoms with van der Waals surface area (Å²) in [6, 6.07) is 9.13. The molecule has 0 unspecified atom stereocenters. The third-order valence-corrected chi connectivity index (χ3v) is 3.74. The Balaban J connectivity index is 1.62. The molecule has 0 bridgehead atoms. The summed E-state index contributed by atoms with van der Waals surface area (Å²) in [5.41, 5.74) is 0.542. The van der Waals surface area contributed by atoms with Crippen LogP contribution < -0.4 is 10.6 Å². The Labute approximate surface area is 153 Å². The van der Waals surface area contributed by atoms with Crippen LogP contribution in [-0.2, 0) is 11.3 Å². The van der Waals surface area contributed by atoms with Gasteiger partial charge in [-0.05, 0) is 30.3 Å². The largest absolute Gasteiger partial charge is 0.337 e. The summed E-state index contributed by atoms with van der Waals surface area (Å²) < 4.78 is 28.4. The number of aromatic nitrogens is 2. The molecule has 0 fully saturated rings. The number of amides is 2. The van der Waals surface area contributed by atoms with Gasteiger partial charge in [-0.3, -0.25) is 9.59 Å². The highest BCUT2D eigenvalue weighted by molar-refractivity contribution is 6.05. The SMILES string of the molecule is O=C(CCn1ccnc1)Nc1cccc(C(=O)Nc2ccc(F)cc2F)c1. The van der Waals surface area contributed by atoms with Crippen molar-refractivity contribution < 1.29 is 18.4 Å². The van der Waals surface area contributed by atoms with Crippen molar-refractivity contribution in [3.8, 4) is 0 Å². The number of rotatable bonds is 6. The number of carbonyl (C=O) groups excluding carboxylic acids is 2. The van der Waals surface area contributed by atoms with E-state index < -0.39 is 17.5 Å². The molecule has 6 nitrogen and oxygen atoms in total. The van der Waals surface area contributed by atoms with Gasteiger partial charge in [-0.25, -0.2) is 13.8 Å². The zero-order valence-corrected chi connectivity index (χ0v) is 14.2. The molecule has 3 rings (SSSR count). The molecular formula is C19H16F2N4O2. The zero-order valence-electron chi connectivity index (χ0n) is 14.2. The molecule has 2 aromatic carbocycles. The predicted octanol–water partition coefficient (Wildman–Crippen LogP) is 3.44. The van der Waals surface area contributed by atoms with Crippen molar-refractivity contribution in [2.75, 3.05) is 10.6 Å². The van der Waals surface area contributed by atoms with Crippen LogP contribution in [0, 0.1) is 11.6 Å². The fourth-order valence-electron chi connectivity index (χ4n) is 2.40. The van der Waals surface area contributed by atoms with E-state index in [9.17, 15) is 18.4 Å². The summed E-state index contributed by atoms with van der Waals surface area (Å²) in [6.07, 6.45) is 5.25. The lowest BCUT2D eigenvalue weighted by Gasteiger charge is -2.09. The van der Waals surface area contributed by atoms with Crippen molar-refractivity contribution in [2.45, 2.75) is 13.0 Å². The van der Waals surface area contributed by atoms with Gasteiger partial charge in [0.2, 0.25) is 5.91 Å². The second kappa shape index (κ2) is 8.22. The number of aryl methyl sites for hydroxylation is 1.